The molecule has 82 valence electrons. The van der Waals surface area contributed by atoms with E-state index in [1.807, 2.05) is 0 Å². The van der Waals surface area contributed by atoms with E-state index < -0.39 is 36.5 Å². The van der Waals surface area contributed by atoms with Crippen LogP contribution in [0.3, 0.4) is 0 Å². The molecule has 0 amide bonds. The maximum Gasteiger partial charge on any atom is 0.230 e. The molecule has 0 radical (unpaired) electrons. The summed E-state index contributed by atoms with van der Waals surface area (Å²) in [5, 5.41) is 35.1. The van der Waals surface area contributed by atoms with Crippen molar-refractivity contribution >= 4 is 27.5 Å². The zero-order valence-electron chi connectivity index (χ0n) is 7.13. The highest BCUT2D eigenvalue weighted by Crippen LogP contribution is 2.02. The number of Topliss-reactive ketones (excluding diaryl/α,β-unsaturated/α-hetero) is 2. The molecule has 0 aliphatic rings. The SMILES string of the molecule is O=C(CBr)C(=O)[C@@H](O)[C@H](O)[C@H](O)CO. The first-order chi connectivity index (χ1) is 6.45. The maximum atomic E-state index is 11.0. The average Bonchev–Trinajstić information content (AvgIpc) is 2.23. The third-order valence-electron chi connectivity index (χ3n) is 1.57. The van der Waals surface area contributed by atoms with Gasteiger partial charge in [0.25, 0.3) is 0 Å². The number of aliphatic hydroxyl groups excluding tert-OH is 4. The Kier molecular flexibility index (Phi) is 6.05. The second-order valence-electron chi connectivity index (χ2n) is 2.61. The van der Waals surface area contributed by atoms with E-state index in [9.17, 15) is 9.59 Å². The minimum atomic E-state index is -2.01. The first-order valence-electron chi connectivity index (χ1n) is 3.73. The number of ketones is 2. The maximum absolute atomic E-state index is 11.0. The average molecular weight is 271 g/mol. The van der Waals surface area contributed by atoms with Crippen molar-refractivity contribution in [3.05, 3.63) is 0 Å². The number of hydrogen-bond donors (Lipinski definition) is 4. The molecule has 0 aromatic carbocycles. The normalized spacial score (nSPS) is 17.2. The van der Waals surface area contributed by atoms with E-state index in [0.29, 0.717) is 0 Å². The van der Waals surface area contributed by atoms with Crippen LogP contribution in [0.5, 0.6) is 0 Å². The molecule has 0 saturated heterocycles. The molecule has 0 aromatic rings. The fraction of sp³-hybridized carbons (Fsp3) is 0.714. The minimum Gasteiger partial charge on any atom is -0.394 e. The quantitative estimate of drug-likeness (QED) is 0.316. The minimum absolute atomic E-state index is 0.273. The van der Waals surface area contributed by atoms with Gasteiger partial charge in [-0.05, 0) is 0 Å². The number of rotatable bonds is 6. The van der Waals surface area contributed by atoms with Gasteiger partial charge in [0.05, 0.1) is 11.9 Å². The van der Waals surface area contributed by atoms with Gasteiger partial charge in [0.15, 0.2) is 0 Å². The summed E-state index contributed by atoms with van der Waals surface area (Å²) in [6.45, 7) is -0.811. The molecule has 0 saturated carbocycles. The van der Waals surface area contributed by atoms with Gasteiger partial charge in [0, 0.05) is 0 Å². The summed E-state index contributed by atoms with van der Waals surface area (Å²) in [5.74, 6) is -2.12. The Morgan fingerprint density at radius 3 is 2.07 bits per heavy atom. The van der Waals surface area contributed by atoms with E-state index in [1.165, 1.54) is 0 Å². The zero-order valence-corrected chi connectivity index (χ0v) is 8.72. The lowest BCUT2D eigenvalue weighted by molar-refractivity contribution is -0.148. The van der Waals surface area contributed by atoms with E-state index in [2.05, 4.69) is 15.9 Å². The summed E-state index contributed by atoms with van der Waals surface area (Å²) in [6.07, 6.45) is -5.53. The van der Waals surface area contributed by atoms with Crippen molar-refractivity contribution in [2.24, 2.45) is 0 Å². The van der Waals surface area contributed by atoms with Crippen LogP contribution < -0.4 is 0 Å². The number of alkyl halides is 1. The molecule has 0 unspecified atom stereocenters. The van der Waals surface area contributed by atoms with Crippen molar-refractivity contribution in [3.63, 3.8) is 0 Å². The van der Waals surface area contributed by atoms with Gasteiger partial charge >= 0.3 is 0 Å². The summed E-state index contributed by atoms with van der Waals surface area (Å²) in [5.41, 5.74) is 0. The molecule has 14 heavy (non-hydrogen) atoms. The van der Waals surface area contributed by atoms with Crippen molar-refractivity contribution in [1.29, 1.82) is 0 Å². The Bertz CT molecular complexity index is 218. The fourth-order valence-electron chi connectivity index (χ4n) is 0.704. The van der Waals surface area contributed by atoms with E-state index >= 15 is 0 Å². The Balaban J connectivity index is 4.38. The van der Waals surface area contributed by atoms with Gasteiger partial charge in [-0.25, -0.2) is 0 Å². The summed E-state index contributed by atoms with van der Waals surface area (Å²) in [6, 6.07) is 0. The van der Waals surface area contributed by atoms with Crippen LogP contribution in [0.4, 0.5) is 0 Å². The summed E-state index contributed by atoms with van der Waals surface area (Å²) in [4.78, 5) is 21.7. The van der Waals surface area contributed by atoms with Gasteiger partial charge in [-0.1, -0.05) is 15.9 Å². The van der Waals surface area contributed by atoms with Crippen LogP contribution in [0.25, 0.3) is 0 Å². The summed E-state index contributed by atoms with van der Waals surface area (Å²) < 4.78 is 0. The van der Waals surface area contributed by atoms with E-state index in [0.717, 1.165) is 0 Å². The monoisotopic (exact) mass is 270 g/mol. The van der Waals surface area contributed by atoms with Gasteiger partial charge in [0.2, 0.25) is 11.6 Å². The highest BCUT2D eigenvalue weighted by atomic mass is 79.9. The molecule has 3 atom stereocenters. The predicted octanol–water partition coefficient (Wildman–Crippen LogP) is -2.41. The van der Waals surface area contributed by atoms with Crippen LogP contribution in [0.15, 0.2) is 0 Å². The number of halogens is 1. The van der Waals surface area contributed by atoms with Crippen molar-refractivity contribution in [3.8, 4) is 0 Å². The Morgan fingerprint density at radius 2 is 1.71 bits per heavy atom. The van der Waals surface area contributed by atoms with E-state index in [4.69, 9.17) is 20.4 Å². The third-order valence-corrected chi connectivity index (χ3v) is 2.08. The number of hydrogen-bond acceptors (Lipinski definition) is 6. The number of carbonyl (C=O) groups is 2. The molecule has 0 fully saturated rings. The molecule has 6 nitrogen and oxygen atoms in total. The standard InChI is InChI=1S/C7H11BrO6/c8-1-3(10)5(12)7(14)6(13)4(11)2-9/h4,6-7,9,11,13-14H,1-2H2/t4-,6-,7-/m1/s1. The largest absolute Gasteiger partial charge is 0.394 e. The molecule has 0 spiro atoms. The molecule has 4 N–H and O–H groups in total. The van der Waals surface area contributed by atoms with Crippen LogP contribution >= 0.6 is 15.9 Å². The number of aliphatic hydroxyl groups is 4. The molecule has 0 heterocycles. The summed E-state index contributed by atoms with van der Waals surface area (Å²) >= 11 is 2.71. The first-order valence-corrected chi connectivity index (χ1v) is 4.85. The van der Waals surface area contributed by atoms with Crippen molar-refractivity contribution < 1.29 is 30.0 Å². The smallest absolute Gasteiger partial charge is 0.230 e. The number of carbonyl (C=O) groups excluding carboxylic acids is 2. The molecule has 0 aromatic heterocycles. The van der Waals surface area contributed by atoms with E-state index in [1.54, 1.807) is 0 Å². The predicted molar refractivity (Wildman–Crippen MR) is 48.9 cm³/mol. The molecular formula is C7H11BrO6. The van der Waals surface area contributed by atoms with Gasteiger partial charge in [0.1, 0.15) is 18.3 Å². The van der Waals surface area contributed by atoms with Crippen molar-refractivity contribution in [2.45, 2.75) is 18.3 Å². The topological polar surface area (TPSA) is 115 Å². The molecular weight excluding hydrogens is 260 g/mol. The van der Waals surface area contributed by atoms with Crippen LogP contribution in [-0.4, -0.2) is 62.2 Å². The van der Waals surface area contributed by atoms with Crippen molar-refractivity contribution in [1.82, 2.24) is 0 Å². The Hall–Kier alpha value is -0.340. The molecule has 0 rings (SSSR count). The van der Waals surface area contributed by atoms with Gasteiger partial charge < -0.3 is 20.4 Å². The van der Waals surface area contributed by atoms with Crippen LogP contribution in [0, 0.1) is 0 Å². The molecule has 7 heteroatoms. The van der Waals surface area contributed by atoms with E-state index in [-0.39, 0.29) is 5.33 Å². The van der Waals surface area contributed by atoms with Crippen LogP contribution in [0.1, 0.15) is 0 Å². The lowest BCUT2D eigenvalue weighted by Gasteiger charge is -2.19. The van der Waals surface area contributed by atoms with Crippen LogP contribution in [0.2, 0.25) is 0 Å². The lowest BCUT2D eigenvalue weighted by Crippen LogP contribution is -2.46. The first kappa shape index (κ1) is 13.7. The summed E-state index contributed by atoms with van der Waals surface area (Å²) in [7, 11) is 0. The second-order valence-corrected chi connectivity index (χ2v) is 3.17. The third kappa shape index (κ3) is 3.43. The molecule has 0 aliphatic carbocycles. The van der Waals surface area contributed by atoms with Crippen molar-refractivity contribution in [2.75, 3.05) is 11.9 Å². The van der Waals surface area contributed by atoms with Gasteiger partial charge in [-0.2, -0.15) is 0 Å². The highest BCUT2D eigenvalue weighted by molar-refractivity contribution is 9.09. The van der Waals surface area contributed by atoms with Gasteiger partial charge in [-0.15, -0.1) is 0 Å². The lowest BCUT2D eigenvalue weighted by atomic mass is 10.0. The van der Waals surface area contributed by atoms with Gasteiger partial charge in [-0.3, -0.25) is 9.59 Å². The fourth-order valence-corrected chi connectivity index (χ4v) is 0.981. The molecule has 0 aliphatic heterocycles. The Labute approximate surface area is 88.3 Å². The highest BCUT2D eigenvalue weighted by Gasteiger charge is 2.32. The second kappa shape index (κ2) is 6.20. The molecule has 0 bridgehead atoms. The van der Waals surface area contributed by atoms with Crippen LogP contribution in [-0.2, 0) is 9.59 Å². The zero-order chi connectivity index (χ0) is 11.3. The Morgan fingerprint density at radius 1 is 1.21 bits per heavy atom.